The van der Waals surface area contributed by atoms with Crippen LogP contribution in [0.5, 0.6) is 0 Å². The molecule has 2 fully saturated rings. The summed E-state index contributed by atoms with van der Waals surface area (Å²) >= 11 is 0. The molecule has 0 bridgehead atoms. The molecule has 28 heavy (non-hydrogen) atoms. The summed E-state index contributed by atoms with van der Waals surface area (Å²) in [6.07, 6.45) is 2.44. The van der Waals surface area contributed by atoms with Crippen molar-refractivity contribution in [1.82, 2.24) is 19.2 Å². The summed E-state index contributed by atoms with van der Waals surface area (Å²) in [6, 6.07) is 2.00. The Kier molecular flexibility index (Phi) is 6.24. The minimum absolute atomic E-state index is 0.0709. The van der Waals surface area contributed by atoms with E-state index in [1.54, 1.807) is 0 Å². The van der Waals surface area contributed by atoms with Gasteiger partial charge in [0.05, 0.1) is 6.26 Å². The first-order valence-corrected chi connectivity index (χ1v) is 11.8. The lowest BCUT2D eigenvalue weighted by Crippen LogP contribution is -2.52. The maximum absolute atomic E-state index is 12.9. The number of aryl methyl sites for hydroxylation is 1. The van der Waals surface area contributed by atoms with Crippen molar-refractivity contribution in [1.29, 1.82) is 0 Å². The molecule has 0 atom stereocenters. The highest BCUT2D eigenvalue weighted by Gasteiger charge is 2.32. The Labute approximate surface area is 168 Å². The van der Waals surface area contributed by atoms with E-state index >= 15 is 0 Å². The molecule has 0 saturated carbocycles. The third kappa shape index (κ3) is 4.81. The number of piperidine rings is 1. The Morgan fingerprint density at radius 1 is 1.07 bits per heavy atom. The molecule has 0 N–H and O–H groups in total. The molecule has 0 unspecified atom stereocenters. The average molecular weight is 410 g/mol. The Balaban J connectivity index is 1.56. The van der Waals surface area contributed by atoms with Crippen LogP contribution < -0.4 is 4.90 Å². The Bertz CT molecular complexity index is 811. The molecule has 8 nitrogen and oxygen atoms in total. The fourth-order valence-corrected chi connectivity index (χ4v) is 4.72. The number of sulfonamides is 1. The van der Waals surface area contributed by atoms with Gasteiger partial charge in [0.2, 0.25) is 15.9 Å². The van der Waals surface area contributed by atoms with E-state index in [0.29, 0.717) is 39.0 Å². The highest BCUT2D eigenvalue weighted by molar-refractivity contribution is 7.88. The first-order valence-electron chi connectivity index (χ1n) is 9.99. The minimum atomic E-state index is -3.16. The van der Waals surface area contributed by atoms with Crippen molar-refractivity contribution in [3.8, 4) is 0 Å². The molecule has 2 aliphatic rings. The van der Waals surface area contributed by atoms with E-state index in [1.165, 1.54) is 10.6 Å². The molecule has 0 spiro atoms. The van der Waals surface area contributed by atoms with Gasteiger partial charge in [0.1, 0.15) is 11.6 Å². The standard InChI is InChI=1S/C19H31N5O3S/c1-14(2)18-20-15(3)13-17(21-18)22-9-11-23(12-10-22)19(25)16-5-7-24(8-6-16)28(4,26)27/h13-14,16H,5-12H2,1-4H3. The SMILES string of the molecule is Cc1cc(N2CCN(C(=O)C3CCN(S(C)(=O)=O)CC3)CC2)nc(C(C)C)n1. The highest BCUT2D eigenvalue weighted by Crippen LogP contribution is 2.23. The van der Waals surface area contributed by atoms with Crippen LogP contribution in [0.4, 0.5) is 5.82 Å². The Morgan fingerprint density at radius 2 is 1.68 bits per heavy atom. The van der Waals surface area contributed by atoms with E-state index < -0.39 is 10.0 Å². The molecule has 2 aliphatic heterocycles. The van der Waals surface area contributed by atoms with Crippen LogP contribution in [0.25, 0.3) is 0 Å². The Hall–Kier alpha value is -1.74. The van der Waals surface area contributed by atoms with Crippen LogP contribution in [0, 0.1) is 12.8 Å². The van der Waals surface area contributed by atoms with E-state index in [2.05, 4.69) is 23.7 Å². The number of anilines is 1. The molecular weight excluding hydrogens is 378 g/mol. The summed E-state index contributed by atoms with van der Waals surface area (Å²) in [6.45, 7) is 9.88. The fourth-order valence-electron chi connectivity index (χ4n) is 3.84. The average Bonchev–Trinajstić information content (AvgIpc) is 2.66. The van der Waals surface area contributed by atoms with Gasteiger partial charge in [0.25, 0.3) is 0 Å². The van der Waals surface area contributed by atoms with Gasteiger partial charge in [-0.2, -0.15) is 0 Å². The number of aromatic nitrogens is 2. The lowest BCUT2D eigenvalue weighted by atomic mass is 9.96. The zero-order valence-electron chi connectivity index (χ0n) is 17.3. The van der Waals surface area contributed by atoms with Gasteiger partial charge < -0.3 is 9.80 Å². The molecule has 3 rings (SSSR count). The zero-order valence-corrected chi connectivity index (χ0v) is 18.1. The third-order valence-corrected chi connectivity index (χ3v) is 6.87. The summed E-state index contributed by atoms with van der Waals surface area (Å²) in [5, 5.41) is 0. The Morgan fingerprint density at radius 3 is 2.21 bits per heavy atom. The van der Waals surface area contributed by atoms with Crippen molar-refractivity contribution in [3.63, 3.8) is 0 Å². The number of carbonyl (C=O) groups is 1. The van der Waals surface area contributed by atoms with Crippen LogP contribution in [-0.4, -0.2) is 79.0 Å². The fraction of sp³-hybridized carbons (Fsp3) is 0.737. The number of rotatable bonds is 4. The van der Waals surface area contributed by atoms with Gasteiger partial charge in [-0.3, -0.25) is 4.79 Å². The number of nitrogens with zero attached hydrogens (tertiary/aromatic N) is 5. The zero-order chi connectivity index (χ0) is 20.5. The van der Waals surface area contributed by atoms with Gasteiger partial charge in [-0.05, 0) is 19.8 Å². The summed E-state index contributed by atoms with van der Waals surface area (Å²) in [5.41, 5.74) is 0.963. The van der Waals surface area contributed by atoms with E-state index in [1.807, 2.05) is 17.9 Å². The van der Waals surface area contributed by atoms with Gasteiger partial charge in [0.15, 0.2) is 0 Å². The number of hydrogen-bond donors (Lipinski definition) is 0. The predicted octanol–water partition coefficient (Wildman–Crippen LogP) is 1.23. The van der Waals surface area contributed by atoms with Crippen molar-refractivity contribution >= 4 is 21.7 Å². The number of amides is 1. The first-order chi connectivity index (χ1) is 13.1. The lowest BCUT2D eigenvalue weighted by molar-refractivity contribution is -0.137. The van der Waals surface area contributed by atoms with E-state index in [0.717, 1.165) is 30.4 Å². The van der Waals surface area contributed by atoms with Gasteiger partial charge >= 0.3 is 0 Å². The molecule has 156 valence electrons. The number of carbonyl (C=O) groups excluding carboxylic acids is 1. The third-order valence-electron chi connectivity index (χ3n) is 5.56. The molecule has 0 aliphatic carbocycles. The van der Waals surface area contributed by atoms with Gasteiger partial charge in [-0.25, -0.2) is 22.7 Å². The number of piperazine rings is 1. The van der Waals surface area contributed by atoms with Gasteiger partial charge in [-0.15, -0.1) is 0 Å². The van der Waals surface area contributed by atoms with Crippen molar-refractivity contribution in [2.75, 3.05) is 50.4 Å². The summed E-state index contributed by atoms with van der Waals surface area (Å²) in [7, 11) is -3.16. The van der Waals surface area contributed by atoms with Crippen LogP contribution in [0.2, 0.25) is 0 Å². The van der Waals surface area contributed by atoms with Crippen molar-refractivity contribution in [3.05, 3.63) is 17.6 Å². The lowest BCUT2D eigenvalue weighted by Gasteiger charge is -2.38. The van der Waals surface area contributed by atoms with E-state index in [4.69, 9.17) is 4.98 Å². The van der Waals surface area contributed by atoms with Gasteiger partial charge in [0, 0.05) is 62.9 Å². The summed E-state index contributed by atoms with van der Waals surface area (Å²) in [4.78, 5) is 26.2. The predicted molar refractivity (Wildman–Crippen MR) is 109 cm³/mol. The van der Waals surface area contributed by atoms with Crippen LogP contribution in [0.15, 0.2) is 6.07 Å². The molecule has 3 heterocycles. The van der Waals surface area contributed by atoms with Crippen molar-refractivity contribution in [2.24, 2.45) is 5.92 Å². The molecular formula is C19H31N5O3S. The highest BCUT2D eigenvalue weighted by atomic mass is 32.2. The molecule has 9 heteroatoms. The van der Waals surface area contributed by atoms with Crippen LogP contribution in [0.3, 0.4) is 0 Å². The molecule has 0 aromatic carbocycles. The van der Waals surface area contributed by atoms with Crippen molar-refractivity contribution < 1.29 is 13.2 Å². The van der Waals surface area contributed by atoms with Crippen molar-refractivity contribution in [2.45, 2.75) is 39.5 Å². The maximum Gasteiger partial charge on any atom is 0.225 e. The first kappa shape index (κ1) is 21.0. The topological polar surface area (TPSA) is 86.7 Å². The van der Waals surface area contributed by atoms with Crippen LogP contribution in [0.1, 0.15) is 44.1 Å². The maximum atomic E-state index is 12.9. The largest absolute Gasteiger partial charge is 0.353 e. The van der Waals surface area contributed by atoms with E-state index in [9.17, 15) is 13.2 Å². The molecule has 1 aromatic rings. The summed E-state index contributed by atoms with van der Waals surface area (Å²) in [5.74, 6) is 2.16. The van der Waals surface area contributed by atoms with Crippen LogP contribution in [-0.2, 0) is 14.8 Å². The van der Waals surface area contributed by atoms with Gasteiger partial charge in [-0.1, -0.05) is 13.8 Å². The smallest absolute Gasteiger partial charge is 0.225 e. The monoisotopic (exact) mass is 409 g/mol. The van der Waals surface area contributed by atoms with E-state index in [-0.39, 0.29) is 17.7 Å². The van der Waals surface area contributed by atoms with Crippen LogP contribution >= 0.6 is 0 Å². The molecule has 1 aromatic heterocycles. The minimum Gasteiger partial charge on any atom is -0.353 e. The second-order valence-electron chi connectivity index (χ2n) is 8.13. The normalized spacial score (nSPS) is 20.0. The second-order valence-corrected chi connectivity index (χ2v) is 10.1. The number of hydrogen-bond acceptors (Lipinski definition) is 6. The molecule has 2 saturated heterocycles. The summed E-state index contributed by atoms with van der Waals surface area (Å²) < 4.78 is 24.8. The quantitative estimate of drug-likeness (QED) is 0.743. The second kappa shape index (κ2) is 8.32. The molecule has 0 radical (unpaired) electrons. The molecule has 1 amide bonds.